The SMILES string of the molecule is COc1ccc(C(=O)NC(C)(CN)C2CC2)c(F)c1.Cl. The molecule has 3 N–H and O–H groups in total. The van der Waals surface area contributed by atoms with Crippen LogP contribution >= 0.6 is 12.4 Å². The molecule has 1 aromatic carbocycles. The second-order valence-electron chi connectivity index (χ2n) is 5.20. The Morgan fingerprint density at radius 2 is 2.20 bits per heavy atom. The number of hydrogen-bond donors (Lipinski definition) is 2. The lowest BCUT2D eigenvalue weighted by Gasteiger charge is -2.29. The minimum absolute atomic E-state index is 0. The second-order valence-corrected chi connectivity index (χ2v) is 5.20. The van der Waals surface area contributed by atoms with Crippen LogP contribution < -0.4 is 15.8 Å². The van der Waals surface area contributed by atoms with Gasteiger partial charge in [-0.1, -0.05) is 0 Å². The zero-order valence-corrected chi connectivity index (χ0v) is 12.4. The number of hydrogen-bond acceptors (Lipinski definition) is 3. The number of nitrogens with two attached hydrogens (primary N) is 1. The Hall–Kier alpha value is -1.33. The Kier molecular flexibility index (Phi) is 5.36. The average molecular weight is 303 g/mol. The van der Waals surface area contributed by atoms with Crippen molar-refractivity contribution in [2.75, 3.05) is 13.7 Å². The van der Waals surface area contributed by atoms with E-state index in [4.69, 9.17) is 10.5 Å². The van der Waals surface area contributed by atoms with Gasteiger partial charge in [0.1, 0.15) is 11.6 Å². The molecular weight excluding hydrogens is 283 g/mol. The smallest absolute Gasteiger partial charge is 0.254 e. The Balaban J connectivity index is 0.00000200. The topological polar surface area (TPSA) is 64.3 Å². The van der Waals surface area contributed by atoms with E-state index in [0.29, 0.717) is 18.2 Å². The zero-order valence-electron chi connectivity index (χ0n) is 11.6. The first-order chi connectivity index (χ1) is 9.00. The number of methoxy groups -OCH3 is 1. The van der Waals surface area contributed by atoms with E-state index < -0.39 is 17.3 Å². The fourth-order valence-electron chi connectivity index (χ4n) is 2.17. The predicted molar refractivity (Wildman–Crippen MR) is 77.8 cm³/mol. The van der Waals surface area contributed by atoms with Crippen LogP contribution in [0.15, 0.2) is 18.2 Å². The fourth-order valence-corrected chi connectivity index (χ4v) is 2.17. The first-order valence-corrected chi connectivity index (χ1v) is 6.36. The highest BCUT2D eigenvalue weighted by molar-refractivity contribution is 5.95. The molecule has 20 heavy (non-hydrogen) atoms. The maximum atomic E-state index is 13.8. The Labute approximate surface area is 124 Å². The van der Waals surface area contributed by atoms with Gasteiger partial charge in [-0.15, -0.1) is 12.4 Å². The summed E-state index contributed by atoms with van der Waals surface area (Å²) in [5.41, 5.74) is 5.29. The van der Waals surface area contributed by atoms with Gasteiger partial charge in [0, 0.05) is 12.6 Å². The summed E-state index contributed by atoms with van der Waals surface area (Å²) in [5, 5.41) is 2.85. The fraction of sp³-hybridized carbons (Fsp3) is 0.500. The molecule has 1 unspecified atom stereocenters. The summed E-state index contributed by atoms with van der Waals surface area (Å²) in [5.74, 6) is -0.243. The van der Waals surface area contributed by atoms with Crippen molar-refractivity contribution in [3.8, 4) is 5.75 Å². The average Bonchev–Trinajstić information content (AvgIpc) is 3.22. The van der Waals surface area contributed by atoms with E-state index in [1.54, 1.807) is 6.07 Å². The molecule has 0 spiro atoms. The number of carbonyl (C=O) groups is 1. The molecule has 2 rings (SSSR count). The lowest BCUT2D eigenvalue weighted by atomic mass is 9.95. The number of amides is 1. The van der Waals surface area contributed by atoms with Gasteiger partial charge in [-0.3, -0.25) is 4.79 Å². The third-order valence-corrected chi connectivity index (χ3v) is 3.72. The van der Waals surface area contributed by atoms with Gasteiger partial charge in [0.15, 0.2) is 0 Å². The largest absolute Gasteiger partial charge is 0.497 e. The molecule has 6 heteroatoms. The van der Waals surface area contributed by atoms with Crippen molar-refractivity contribution in [1.82, 2.24) is 5.32 Å². The number of halogens is 2. The molecule has 1 aliphatic carbocycles. The number of ether oxygens (including phenoxy) is 1. The van der Waals surface area contributed by atoms with Crippen LogP contribution in [-0.4, -0.2) is 25.1 Å². The maximum Gasteiger partial charge on any atom is 0.254 e. The van der Waals surface area contributed by atoms with Gasteiger partial charge in [0.05, 0.1) is 18.2 Å². The molecule has 0 aliphatic heterocycles. The minimum atomic E-state index is -0.591. The summed E-state index contributed by atoms with van der Waals surface area (Å²) in [4.78, 5) is 12.1. The molecule has 0 aromatic heterocycles. The first kappa shape index (κ1) is 16.7. The van der Waals surface area contributed by atoms with Gasteiger partial charge in [-0.05, 0) is 37.8 Å². The molecule has 1 amide bonds. The predicted octanol–water partition coefficient (Wildman–Crippen LogP) is 2.11. The van der Waals surface area contributed by atoms with Crippen molar-refractivity contribution in [1.29, 1.82) is 0 Å². The molecular formula is C14H20ClFN2O2. The van der Waals surface area contributed by atoms with Gasteiger partial charge >= 0.3 is 0 Å². The first-order valence-electron chi connectivity index (χ1n) is 6.36. The summed E-state index contributed by atoms with van der Waals surface area (Å²) in [6.45, 7) is 2.26. The van der Waals surface area contributed by atoms with Crippen LogP contribution in [0.4, 0.5) is 4.39 Å². The van der Waals surface area contributed by atoms with Crippen LogP contribution in [0.2, 0.25) is 0 Å². The summed E-state index contributed by atoms with van der Waals surface area (Å²) in [6.07, 6.45) is 2.11. The van der Waals surface area contributed by atoms with Gasteiger partial charge in [-0.25, -0.2) is 4.39 Å². The van der Waals surface area contributed by atoms with Crippen LogP contribution in [0, 0.1) is 11.7 Å². The van der Waals surface area contributed by atoms with Crippen LogP contribution in [0.3, 0.4) is 0 Å². The van der Waals surface area contributed by atoms with E-state index in [1.165, 1.54) is 19.2 Å². The highest BCUT2D eigenvalue weighted by Crippen LogP contribution is 2.39. The second kappa shape index (κ2) is 6.41. The van der Waals surface area contributed by atoms with Crippen molar-refractivity contribution < 1.29 is 13.9 Å². The molecule has 1 saturated carbocycles. The molecule has 112 valence electrons. The van der Waals surface area contributed by atoms with Crippen molar-refractivity contribution in [3.05, 3.63) is 29.6 Å². The standard InChI is InChI=1S/C14H19FN2O2.ClH/c1-14(8-16,9-3-4-9)17-13(18)11-6-5-10(19-2)7-12(11)15;/h5-7,9H,3-4,8,16H2,1-2H3,(H,17,18);1H. The van der Waals surface area contributed by atoms with E-state index in [0.717, 1.165) is 12.8 Å². The molecule has 0 radical (unpaired) electrons. The van der Waals surface area contributed by atoms with E-state index in [9.17, 15) is 9.18 Å². The van der Waals surface area contributed by atoms with Crippen LogP contribution in [0.25, 0.3) is 0 Å². The third kappa shape index (κ3) is 3.41. The summed E-state index contributed by atoms with van der Waals surface area (Å²) < 4.78 is 18.7. The zero-order chi connectivity index (χ0) is 14.0. The molecule has 1 aliphatic rings. The number of rotatable bonds is 5. The highest BCUT2D eigenvalue weighted by Gasteiger charge is 2.41. The van der Waals surface area contributed by atoms with Crippen LogP contribution in [0.1, 0.15) is 30.1 Å². The van der Waals surface area contributed by atoms with E-state index in [-0.39, 0.29) is 18.0 Å². The van der Waals surface area contributed by atoms with Gasteiger partial charge < -0.3 is 15.8 Å². The van der Waals surface area contributed by atoms with E-state index >= 15 is 0 Å². The molecule has 1 aromatic rings. The lowest BCUT2D eigenvalue weighted by Crippen LogP contribution is -2.53. The molecule has 4 nitrogen and oxygen atoms in total. The third-order valence-electron chi connectivity index (χ3n) is 3.72. The summed E-state index contributed by atoms with van der Waals surface area (Å²) in [7, 11) is 1.45. The highest BCUT2D eigenvalue weighted by atomic mass is 35.5. The Bertz CT molecular complexity index is 494. The van der Waals surface area contributed by atoms with Crippen molar-refractivity contribution >= 4 is 18.3 Å². The molecule has 0 bridgehead atoms. The summed E-state index contributed by atoms with van der Waals surface area (Å²) >= 11 is 0. The molecule has 1 atom stereocenters. The number of carbonyl (C=O) groups excluding carboxylic acids is 1. The van der Waals surface area contributed by atoms with Gasteiger partial charge in [0.25, 0.3) is 5.91 Å². The van der Waals surface area contributed by atoms with Crippen LogP contribution in [-0.2, 0) is 0 Å². The van der Waals surface area contributed by atoms with Crippen molar-refractivity contribution in [2.45, 2.75) is 25.3 Å². The minimum Gasteiger partial charge on any atom is -0.497 e. The molecule has 0 heterocycles. The maximum absolute atomic E-state index is 13.8. The Morgan fingerprint density at radius 3 is 2.65 bits per heavy atom. The molecule has 1 fully saturated rings. The van der Waals surface area contributed by atoms with E-state index in [1.807, 2.05) is 6.92 Å². The Morgan fingerprint density at radius 1 is 1.55 bits per heavy atom. The van der Waals surface area contributed by atoms with Crippen molar-refractivity contribution in [2.24, 2.45) is 11.7 Å². The monoisotopic (exact) mass is 302 g/mol. The van der Waals surface area contributed by atoms with Gasteiger partial charge in [0.2, 0.25) is 0 Å². The number of benzene rings is 1. The van der Waals surface area contributed by atoms with Crippen LogP contribution in [0.5, 0.6) is 5.75 Å². The normalized spacial score (nSPS) is 16.8. The lowest BCUT2D eigenvalue weighted by molar-refractivity contribution is 0.0893. The molecule has 0 saturated heterocycles. The van der Waals surface area contributed by atoms with Crippen molar-refractivity contribution in [3.63, 3.8) is 0 Å². The number of nitrogens with one attached hydrogen (secondary N) is 1. The van der Waals surface area contributed by atoms with Gasteiger partial charge in [-0.2, -0.15) is 0 Å². The van der Waals surface area contributed by atoms with E-state index in [2.05, 4.69) is 5.32 Å². The quantitative estimate of drug-likeness (QED) is 0.875. The summed E-state index contributed by atoms with van der Waals surface area (Å²) in [6, 6.07) is 4.19.